The predicted octanol–water partition coefficient (Wildman–Crippen LogP) is 3.72. The predicted molar refractivity (Wildman–Crippen MR) is 102 cm³/mol. The van der Waals surface area contributed by atoms with E-state index in [4.69, 9.17) is 4.74 Å². The van der Waals surface area contributed by atoms with E-state index in [2.05, 4.69) is 17.4 Å². The molecule has 1 amide bonds. The summed E-state index contributed by atoms with van der Waals surface area (Å²) in [5.41, 5.74) is 2.47. The van der Waals surface area contributed by atoms with Crippen LogP contribution in [0.4, 0.5) is 0 Å². The van der Waals surface area contributed by atoms with Gasteiger partial charge in [0, 0.05) is 10.6 Å². The molecule has 3 rings (SSSR count). The number of thioether (sulfide) groups is 1. The van der Waals surface area contributed by atoms with Crippen LogP contribution in [-0.2, 0) is 26.5 Å². The summed E-state index contributed by atoms with van der Waals surface area (Å²) in [6.45, 7) is -0.211. The minimum atomic E-state index is -0.347. The van der Waals surface area contributed by atoms with E-state index in [0.29, 0.717) is 0 Å². The first-order chi connectivity index (χ1) is 12.2. The number of hydrogen-bond donors (Lipinski definition) is 1. The van der Waals surface area contributed by atoms with Gasteiger partial charge in [-0.3, -0.25) is 9.59 Å². The third kappa shape index (κ3) is 5.34. The second-order valence-corrected chi connectivity index (χ2v) is 7.96. The summed E-state index contributed by atoms with van der Waals surface area (Å²) in [7, 11) is 0. The van der Waals surface area contributed by atoms with E-state index in [-0.39, 0.29) is 30.3 Å². The van der Waals surface area contributed by atoms with Gasteiger partial charge >= 0.3 is 5.97 Å². The van der Waals surface area contributed by atoms with Gasteiger partial charge in [-0.15, -0.1) is 23.1 Å². The van der Waals surface area contributed by atoms with Crippen molar-refractivity contribution < 1.29 is 14.3 Å². The third-order valence-electron chi connectivity index (χ3n) is 4.11. The molecule has 25 heavy (non-hydrogen) atoms. The van der Waals surface area contributed by atoms with Crippen LogP contribution < -0.4 is 5.32 Å². The molecule has 0 bridgehead atoms. The molecule has 0 fully saturated rings. The minimum absolute atomic E-state index is 0.0179. The molecule has 1 aliphatic rings. The second-order valence-electron chi connectivity index (χ2n) is 5.94. The molecule has 0 unspecified atom stereocenters. The maximum Gasteiger partial charge on any atom is 0.316 e. The van der Waals surface area contributed by atoms with Crippen LogP contribution in [0.1, 0.15) is 34.9 Å². The summed E-state index contributed by atoms with van der Waals surface area (Å²) in [4.78, 5) is 25.1. The summed E-state index contributed by atoms with van der Waals surface area (Å²) in [5, 5.41) is 5.00. The van der Waals surface area contributed by atoms with E-state index < -0.39 is 0 Å². The first-order valence-corrected chi connectivity index (χ1v) is 10.4. The lowest BCUT2D eigenvalue weighted by atomic mass is 9.88. The van der Waals surface area contributed by atoms with Gasteiger partial charge in [0.15, 0.2) is 6.61 Å². The molecule has 1 aliphatic carbocycles. The van der Waals surface area contributed by atoms with Gasteiger partial charge in [0.2, 0.25) is 0 Å². The molecule has 0 radical (unpaired) electrons. The van der Waals surface area contributed by atoms with E-state index in [1.165, 1.54) is 27.8 Å². The third-order valence-corrected chi connectivity index (χ3v) is 6.13. The van der Waals surface area contributed by atoms with Crippen LogP contribution in [0.3, 0.4) is 0 Å². The summed E-state index contributed by atoms with van der Waals surface area (Å²) in [6.07, 6.45) is 3.04. The van der Waals surface area contributed by atoms with Gasteiger partial charge in [-0.2, -0.15) is 0 Å². The van der Waals surface area contributed by atoms with Gasteiger partial charge in [0.05, 0.1) is 11.8 Å². The van der Waals surface area contributed by atoms with Gasteiger partial charge < -0.3 is 10.1 Å². The molecule has 1 N–H and O–H groups in total. The minimum Gasteiger partial charge on any atom is -0.455 e. The maximum atomic E-state index is 12.1. The van der Waals surface area contributed by atoms with E-state index >= 15 is 0 Å². The Kier molecular flexibility index (Phi) is 6.53. The number of thiophene rings is 1. The summed E-state index contributed by atoms with van der Waals surface area (Å²) in [6, 6.07) is 12.2. The first kappa shape index (κ1) is 18.0. The molecule has 0 spiro atoms. The van der Waals surface area contributed by atoms with Crippen LogP contribution in [0.2, 0.25) is 0 Å². The normalized spacial score (nSPS) is 16.1. The molecular formula is C19H21NO3S2. The van der Waals surface area contributed by atoms with Crippen molar-refractivity contribution in [3.05, 3.63) is 57.8 Å². The lowest BCUT2D eigenvalue weighted by Crippen LogP contribution is -2.34. The summed E-state index contributed by atoms with van der Waals surface area (Å²) in [5.74, 6) is 0.467. The SMILES string of the molecule is O=C(COC(=O)CSCc1cccs1)N[C@H]1CCCc2ccccc21. The van der Waals surface area contributed by atoms with Crippen LogP contribution in [0.25, 0.3) is 0 Å². The van der Waals surface area contributed by atoms with E-state index in [9.17, 15) is 9.59 Å². The molecule has 1 atom stereocenters. The number of fused-ring (bicyclic) bond motifs is 1. The number of hydrogen-bond acceptors (Lipinski definition) is 5. The monoisotopic (exact) mass is 375 g/mol. The Labute approximate surface area is 156 Å². The fourth-order valence-corrected chi connectivity index (χ4v) is 4.62. The molecule has 0 saturated carbocycles. The number of carbonyl (C=O) groups excluding carboxylic acids is 2. The lowest BCUT2D eigenvalue weighted by molar-refractivity contribution is -0.146. The molecule has 1 aromatic heterocycles. The number of ether oxygens (including phenoxy) is 1. The van der Waals surface area contributed by atoms with Crippen LogP contribution in [-0.4, -0.2) is 24.2 Å². The summed E-state index contributed by atoms with van der Waals surface area (Å²) < 4.78 is 5.08. The standard InChI is InChI=1S/C19H21NO3S2/c21-18(11-23-19(22)13-24-12-15-7-4-10-25-15)20-17-9-3-6-14-5-1-2-8-16(14)17/h1-2,4-5,7-8,10,17H,3,6,9,11-13H2,(H,20,21)/t17-/m0/s1. The van der Waals surface area contributed by atoms with Gasteiger partial charge in [0.25, 0.3) is 5.91 Å². The summed E-state index contributed by atoms with van der Waals surface area (Å²) >= 11 is 3.17. The largest absolute Gasteiger partial charge is 0.455 e. The zero-order valence-corrected chi connectivity index (χ0v) is 15.5. The van der Waals surface area contributed by atoms with Crippen molar-refractivity contribution in [3.8, 4) is 0 Å². The Balaban J connectivity index is 1.39. The first-order valence-electron chi connectivity index (χ1n) is 8.35. The average molecular weight is 376 g/mol. The van der Waals surface area contributed by atoms with Gasteiger partial charge in [-0.05, 0) is 41.8 Å². The molecule has 4 nitrogen and oxygen atoms in total. The van der Waals surface area contributed by atoms with Gasteiger partial charge in [-0.1, -0.05) is 30.3 Å². The fourth-order valence-electron chi connectivity index (χ4n) is 2.96. The zero-order chi connectivity index (χ0) is 17.5. The van der Waals surface area contributed by atoms with Crippen LogP contribution in [0.15, 0.2) is 41.8 Å². The highest BCUT2D eigenvalue weighted by molar-refractivity contribution is 7.99. The number of nitrogens with one attached hydrogen (secondary N) is 1. The quantitative estimate of drug-likeness (QED) is 0.750. The highest BCUT2D eigenvalue weighted by Crippen LogP contribution is 2.29. The molecule has 0 saturated heterocycles. The molecular weight excluding hydrogens is 354 g/mol. The Morgan fingerprint density at radius 1 is 1.24 bits per heavy atom. The lowest BCUT2D eigenvalue weighted by Gasteiger charge is -2.26. The highest BCUT2D eigenvalue weighted by atomic mass is 32.2. The van der Waals surface area contributed by atoms with Crippen molar-refractivity contribution in [2.45, 2.75) is 31.1 Å². The van der Waals surface area contributed by atoms with E-state index in [1.807, 2.05) is 29.6 Å². The van der Waals surface area contributed by atoms with Crippen molar-refractivity contribution in [3.63, 3.8) is 0 Å². The van der Waals surface area contributed by atoms with Crippen LogP contribution in [0.5, 0.6) is 0 Å². The Morgan fingerprint density at radius 2 is 2.12 bits per heavy atom. The van der Waals surface area contributed by atoms with Crippen molar-refractivity contribution >= 4 is 35.0 Å². The van der Waals surface area contributed by atoms with Crippen molar-refractivity contribution in [2.24, 2.45) is 0 Å². The number of rotatable bonds is 7. The van der Waals surface area contributed by atoms with Crippen molar-refractivity contribution in [1.82, 2.24) is 5.32 Å². The smallest absolute Gasteiger partial charge is 0.316 e. The molecule has 132 valence electrons. The zero-order valence-electron chi connectivity index (χ0n) is 13.9. The molecule has 1 aromatic carbocycles. The number of aryl methyl sites for hydroxylation is 1. The van der Waals surface area contributed by atoms with Crippen LogP contribution >= 0.6 is 23.1 Å². The number of benzene rings is 1. The number of esters is 1. The topological polar surface area (TPSA) is 55.4 Å². The van der Waals surface area contributed by atoms with Gasteiger partial charge in [0.1, 0.15) is 0 Å². The number of amides is 1. The van der Waals surface area contributed by atoms with E-state index in [0.717, 1.165) is 25.0 Å². The molecule has 1 heterocycles. The fraction of sp³-hybridized carbons (Fsp3) is 0.368. The van der Waals surface area contributed by atoms with Crippen LogP contribution in [0, 0.1) is 0 Å². The average Bonchev–Trinajstić information content (AvgIpc) is 3.14. The second kappa shape index (κ2) is 9.06. The van der Waals surface area contributed by atoms with Crippen molar-refractivity contribution in [1.29, 1.82) is 0 Å². The Morgan fingerprint density at radius 3 is 2.96 bits per heavy atom. The highest BCUT2D eigenvalue weighted by Gasteiger charge is 2.21. The molecule has 2 aromatic rings. The maximum absolute atomic E-state index is 12.1. The van der Waals surface area contributed by atoms with E-state index in [1.54, 1.807) is 11.3 Å². The van der Waals surface area contributed by atoms with Crippen molar-refractivity contribution in [2.75, 3.05) is 12.4 Å². The Hall–Kier alpha value is -1.79. The molecule has 6 heteroatoms. The number of carbonyl (C=O) groups is 2. The van der Waals surface area contributed by atoms with Gasteiger partial charge in [-0.25, -0.2) is 0 Å². The Bertz CT molecular complexity index is 715. The molecule has 0 aliphatic heterocycles.